The van der Waals surface area contributed by atoms with Crippen molar-refractivity contribution < 1.29 is 23.8 Å². The molecule has 3 aromatic carbocycles. The number of benzene rings is 3. The molecule has 0 fully saturated rings. The van der Waals surface area contributed by atoms with Crippen molar-refractivity contribution in [2.75, 3.05) is 6.79 Å². The maximum atomic E-state index is 12.5. The highest BCUT2D eigenvalue weighted by molar-refractivity contribution is 9.10. The molecule has 4 rings (SSSR count). The van der Waals surface area contributed by atoms with Gasteiger partial charge in [0.2, 0.25) is 6.79 Å². The quantitative estimate of drug-likeness (QED) is 0.228. The van der Waals surface area contributed by atoms with Gasteiger partial charge in [0.1, 0.15) is 5.75 Å². The summed E-state index contributed by atoms with van der Waals surface area (Å²) in [6.07, 6.45) is 3.09. The highest BCUT2D eigenvalue weighted by Gasteiger charge is 2.18. The minimum Gasteiger partial charge on any atom is -0.454 e. The van der Waals surface area contributed by atoms with Crippen LogP contribution in [0.5, 0.6) is 17.2 Å². The van der Waals surface area contributed by atoms with Crippen LogP contribution in [0, 0.1) is 0 Å². The molecule has 0 aromatic heterocycles. The second-order valence-corrected chi connectivity index (χ2v) is 7.12. The Bertz CT molecular complexity index is 1100. The molecule has 1 aliphatic rings. The van der Waals surface area contributed by atoms with Crippen LogP contribution in [0.4, 0.5) is 0 Å². The number of rotatable bonds is 5. The number of ketones is 1. The lowest BCUT2D eigenvalue weighted by Gasteiger charge is -2.08. The van der Waals surface area contributed by atoms with Crippen molar-refractivity contribution in [2.24, 2.45) is 0 Å². The van der Waals surface area contributed by atoms with Gasteiger partial charge >= 0.3 is 5.97 Å². The molecule has 0 amide bonds. The molecule has 1 heterocycles. The zero-order valence-electron chi connectivity index (χ0n) is 15.1. The van der Waals surface area contributed by atoms with E-state index >= 15 is 0 Å². The maximum Gasteiger partial charge on any atom is 0.343 e. The second kappa shape index (κ2) is 8.32. The van der Waals surface area contributed by atoms with Gasteiger partial charge in [-0.1, -0.05) is 34.1 Å². The smallest absolute Gasteiger partial charge is 0.343 e. The van der Waals surface area contributed by atoms with Gasteiger partial charge in [0.25, 0.3) is 0 Å². The van der Waals surface area contributed by atoms with Crippen LogP contribution in [0.3, 0.4) is 0 Å². The minimum absolute atomic E-state index is 0.133. The van der Waals surface area contributed by atoms with Gasteiger partial charge in [0.05, 0.1) is 5.56 Å². The zero-order valence-corrected chi connectivity index (χ0v) is 16.7. The number of hydrogen-bond donors (Lipinski definition) is 0. The van der Waals surface area contributed by atoms with E-state index in [1.807, 2.05) is 18.2 Å². The van der Waals surface area contributed by atoms with Crippen molar-refractivity contribution >= 4 is 33.8 Å². The summed E-state index contributed by atoms with van der Waals surface area (Å²) in [6.45, 7) is 0.133. The highest BCUT2D eigenvalue weighted by atomic mass is 79.9. The van der Waals surface area contributed by atoms with E-state index in [4.69, 9.17) is 14.2 Å². The Kier molecular flexibility index (Phi) is 5.44. The molecular weight excluding hydrogens is 436 g/mol. The number of hydrogen-bond acceptors (Lipinski definition) is 5. The molecule has 0 radical (unpaired) electrons. The van der Waals surface area contributed by atoms with E-state index < -0.39 is 5.97 Å². The summed E-state index contributed by atoms with van der Waals surface area (Å²) in [4.78, 5) is 24.9. The fraction of sp³-hybridized carbons (Fsp3) is 0.0435. The van der Waals surface area contributed by atoms with Crippen LogP contribution < -0.4 is 14.2 Å². The first-order chi connectivity index (χ1) is 14.1. The summed E-state index contributed by atoms with van der Waals surface area (Å²) in [5, 5.41) is 0. The van der Waals surface area contributed by atoms with Crippen molar-refractivity contribution in [3.8, 4) is 17.2 Å². The number of allylic oxidation sites excluding steroid dienone is 1. The molecule has 3 aromatic rings. The van der Waals surface area contributed by atoms with E-state index in [2.05, 4.69) is 15.9 Å². The van der Waals surface area contributed by atoms with Gasteiger partial charge < -0.3 is 14.2 Å². The third kappa shape index (κ3) is 4.38. The van der Waals surface area contributed by atoms with E-state index in [9.17, 15) is 9.59 Å². The normalized spacial score (nSPS) is 12.2. The summed E-state index contributed by atoms with van der Waals surface area (Å²) >= 11 is 3.35. The lowest BCUT2D eigenvalue weighted by Crippen LogP contribution is -2.09. The van der Waals surface area contributed by atoms with Crippen LogP contribution in [0.25, 0.3) is 6.08 Å². The average Bonchev–Trinajstić information content (AvgIpc) is 3.21. The fourth-order valence-corrected chi connectivity index (χ4v) is 3.03. The predicted molar refractivity (Wildman–Crippen MR) is 111 cm³/mol. The molecule has 0 unspecified atom stereocenters. The highest BCUT2D eigenvalue weighted by Crippen LogP contribution is 2.33. The number of ether oxygens (including phenoxy) is 3. The Hall–Kier alpha value is -3.38. The van der Waals surface area contributed by atoms with E-state index in [-0.39, 0.29) is 12.6 Å². The van der Waals surface area contributed by atoms with Crippen LogP contribution in [-0.2, 0) is 0 Å². The van der Waals surface area contributed by atoms with Crippen molar-refractivity contribution in [1.82, 2.24) is 0 Å². The van der Waals surface area contributed by atoms with Gasteiger partial charge in [0.15, 0.2) is 17.3 Å². The third-order valence-electron chi connectivity index (χ3n) is 4.27. The minimum atomic E-state index is -0.525. The molecule has 0 saturated heterocycles. The molecular formula is C23H15BrO5. The molecule has 0 aliphatic carbocycles. The first kappa shape index (κ1) is 19.0. The maximum absolute atomic E-state index is 12.5. The number of esters is 1. The SMILES string of the molecule is O=C(C=Cc1ccccc1OC(=O)c1ccc2c(c1)OCO2)c1ccc(Br)cc1. The van der Waals surface area contributed by atoms with Gasteiger partial charge in [0, 0.05) is 15.6 Å². The molecule has 0 N–H and O–H groups in total. The first-order valence-electron chi connectivity index (χ1n) is 8.79. The molecule has 6 heteroatoms. The van der Waals surface area contributed by atoms with Crippen LogP contribution in [0.15, 0.2) is 77.3 Å². The summed E-state index contributed by atoms with van der Waals surface area (Å²) in [7, 11) is 0. The number of fused-ring (bicyclic) bond motifs is 1. The molecule has 0 bridgehead atoms. The number of halogens is 1. The van der Waals surface area contributed by atoms with E-state index in [1.165, 1.54) is 6.08 Å². The standard InChI is InChI=1S/C23H15BrO5/c24-18-9-5-15(6-10-18)19(25)11-7-16-3-1-2-4-20(16)29-23(26)17-8-12-21-22(13-17)28-14-27-21/h1-13H,14H2. The molecule has 1 aliphatic heterocycles. The third-order valence-corrected chi connectivity index (χ3v) is 4.80. The summed E-state index contributed by atoms with van der Waals surface area (Å²) in [5.41, 5.74) is 1.53. The molecule has 0 atom stereocenters. The number of carbonyl (C=O) groups is 2. The van der Waals surface area contributed by atoms with Crippen molar-refractivity contribution in [3.05, 3.63) is 94.0 Å². The molecule has 5 nitrogen and oxygen atoms in total. The lowest BCUT2D eigenvalue weighted by molar-refractivity contribution is 0.0733. The van der Waals surface area contributed by atoms with Gasteiger partial charge in [-0.2, -0.15) is 0 Å². The van der Waals surface area contributed by atoms with Gasteiger partial charge in [-0.05, 0) is 60.7 Å². The first-order valence-corrected chi connectivity index (χ1v) is 9.58. The number of carbonyl (C=O) groups excluding carboxylic acids is 2. The van der Waals surface area contributed by atoms with Crippen molar-refractivity contribution in [2.45, 2.75) is 0 Å². The van der Waals surface area contributed by atoms with Gasteiger partial charge in [-0.15, -0.1) is 0 Å². The fourth-order valence-electron chi connectivity index (χ4n) is 2.77. The van der Waals surface area contributed by atoms with Crippen LogP contribution in [-0.4, -0.2) is 18.5 Å². The van der Waals surface area contributed by atoms with Crippen LogP contribution in [0.1, 0.15) is 26.3 Å². The van der Waals surface area contributed by atoms with E-state index in [1.54, 1.807) is 54.6 Å². The van der Waals surface area contributed by atoms with Crippen molar-refractivity contribution in [1.29, 1.82) is 0 Å². The summed E-state index contributed by atoms with van der Waals surface area (Å²) in [5.74, 6) is 0.789. The van der Waals surface area contributed by atoms with Crippen molar-refractivity contribution in [3.63, 3.8) is 0 Å². The van der Waals surface area contributed by atoms with Crippen LogP contribution >= 0.6 is 15.9 Å². The largest absolute Gasteiger partial charge is 0.454 e. The average molecular weight is 451 g/mol. The molecule has 0 saturated carbocycles. The van der Waals surface area contributed by atoms with E-state index in [0.717, 1.165) is 4.47 Å². The molecule has 144 valence electrons. The predicted octanol–water partition coefficient (Wildman–Crippen LogP) is 5.29. The summed E-state index contributed by atoms with van der Waals surface area (Å²) in [6, 6.07) is 19.0. The zero-order chi connectivity index (χ0) is 20.2. The van der Waals surface area contributed by atoms with Gasteiger partial charge in [-0.25, -0.2) is 4.79 Å². The van der Waals surface area contributed by atoms with E-state index in [0.29, 0.717) is 33.9 Å². The lowest BCUT2D eigenvalue weighted by atomic mass is 10.1. The molecule has 29 heavy (non-hydrogen) atoms. The second-order valence-electron chi connectivity index (χ2n) is 6.20. The topological polar surface area (TPSA) is 61.8 Å². The Balaban J connectivity index is 1.51. The Morgan fingerprint density at radius 2 is 1.62 bits per heavy atom. The molecule has 0 spiro atoms. The van der Waals surface area contributed by atoms with Gasteiger partial charge in [-0.3, -0.25) is 4.79 Å². The number of para-hydroxylation sites is 1. The summed E-state index contributed by atoms with van der Waals surface area (Å²) < 4.78 is 17.0. The monoisotopic (exact) mass is 450 g/mol. The Labute approximate surface area is 175 Å². The van der Waals surface area contributed by atoms with Crippen LogP contribution in [0.2, 0.25) is 0 Å². The Morgan fingerprint density at radius 3 is 2.45 bits per heavy atom. The Morgan fingerprint density at radius 1 is 0.897 bits per heavy atom.